The average molecular weight is 349 g/mol. The van der Waals surface area contributed by atoms with E-state index in [2.05, 4.69) is 22.4 Å². The van der Waals surface area contributed by atoms with Crippen LogP contribution >= 0.6 is 0 Å². The molecule has 0 bridgehead atoms. The number of ether oxygens (including phenoxy) is 1. The molecule has 1 amide bonds. The van der Waals surface area contributed by atoms with Crippen LogP contribution in [0.3, 0.4) is 0 Å². The molecular weight excluding hydrogens is 326 g/mol. The van der Waals surface area contributed by atoms with Gasteiger partial charge in [-0.1, -0.05) is 18.2 Å². The van der Waals surface area contributed by atoms with Crippen LogP contribution in [0.2, 0.25) is 0 Å². The molecule has 1 N–H and O–H groups in total. The second kappa shape index (κ2) is 7.20. The van der Waals surface area contributed by atoms with Crippen LogP contribution < -0.4 is 10.1 Å². The van der Waals surface area contributed by atoms with Crippen LogP contribution in [0.1, 0.15) is 36.6 Å². The molecule has 0 radical (unpaired) electrons. The Balaban J connectivity index is 1.40. The van der Waals surface area contributed by atoms with Crippen molar-refractivity contribution in [2.24, 2.45) is 5.92 Å². The predicted octanol–water partition coefficient (Wildman–Crippen LogP) is 3.54. The summed E-state index contributed by atoms with van der Waals surface area (Å²) in [7, 11) is 1.67. The maximum Gasteiger partial charge on any atom is 0.220 e. The van der Waals surface area contributed by atoms with E-state index in [1.807, 2.05) is 47.1 Å². The Bertz CT molecular complexity index is 897. The largest absolute Gasteiger partial charge is 0.497 e. The highest BCUT2D eigenvalue weighted by Crippen LogP contribution is 2.44. The van der Waals surface area contributed by atoms with E-state index in [-0.39, 0.29) is 11.8 Å². The number of hydrogen-bond acceptors (Lipinski definition) is 3. The topological polar surface area (TPSA) is 55.6 Å². The molecule has 3 aromatic rings. The lowest BCUT2D eigenvalue weighted by atomic mass is 9.90. The maximum absolute atomic E-state index is 12.5. The molecule has 134 valence electrons. The van der Waals surface area contributed by atoms with Crippen LogP contribution in [0, 0.1) is 5.92 Å². The molecule has 0 saturated heterocycles. The lowest BCUT2D eigenvalue weighted by Gasteiger charge is -2.17. The van der Waals surface area contributed by atoms with Gasteiger partial charge in [-0.25, -0.2) is 4.98 Å². The van der Waals surface area contributed by atoms with E-state index in [4.69, 9.17) is 4.74 Å². The summed E-state index contributed by atoms with van der Waals surface area (Å²) in [6, 6.07) is 14.1. The highest BCUT2D eigenvalue weighted by atomic mass is 16.5. The number of aromatic nitrogens is 2. The average Bonchev–Trinajstić information content (AvgIpc) is 3.44. The summed E-state index contributed by atoms with van der Waals surface area (Å²) in [5, 5.41) is 3.04. The van der Waals surface area contributed by atoms with E-state index >= 15 is 0 Å². The molecule has 1 aliphatic rings. The highest BCUT2D eigenvalue weighted by Gasteiger charge is 2.33. The second-order valence-corrected chi connectivity index (χ2v) is 6.87. The summed E-state index contributed by atoms with van der Waals surface area (Å²) < 4.78 is 7.23. The first kappa shape index (κ1) is 16.6. The van der Waals surface area contributed by atoms with Crippen LogP contribution in [0.5, 0.6) is 5.75 Å². The van der Waals surface area contributed by atoms with E-state index < -0.39 is 0 Å². The van der Waals surface area contributed by atoms with Crippen molar-refractivity contribution >= 4 is 11.4 Å². The fourth-order valence-corrected chi connectivity index (χ4v) is 3.49. The lowest BCUT2D eigenvalue weighted by Crippen LogP contribution is -2.26. The number of pyridine rings is 1. The van der Waals surface area contributed by atoms with Gasteiger partial charge in [0.2, 0.25) is 5.91 Å². The molecule has 4 rings (SSSR count). The Morgan fingerprint density at radius 3 is 2.81 bits per heavy atom. The first-order valence-corrected chi connectivity index (χ1v) is 9.06. The van der Waals surface area contributed by atoms with Crippen LogP contribution in [0.4, 0.5) is 0 Å². The van der Waals surface area contributed by atoms with Gasteiger partial charge < -0.3 is 14.5 Å². The van der Waals surface area contributed by atoms with Gasteiger partial charge in [0, 0.05) is 12.6 Å². The summed E-state index contributed by atoms with van der Waals surface area (Å²) in [6.07, 6.45) is 6.71. The smallest absolute Gasteiger partial charge is 0.220 e. The standard InChI is InChI=1S/C21H23N3O2/c1-26-18-9-7-16(8-10-18)19(15-5-6-15)12-21(25)23-14-20-22-13-17-4-2-3-11-24(17)20/h2-4,7-11,13,15,19H,5-6,12,14H2,1H3,(H,23,25). The number of nitrogens with zero attached hydrogens (tertiary/aromatic N) is 2. The zero-order chi connectivity index (χ0) is 17.9. The van der Waals surface area contributed by atoms with E-state index in [9.17, 15) is 4.79 Å². The van der Waals surface area contributed by atoms with Crippen LogP contribution in [0.25, 0.3) is 5.52 Å². The van der Waals surface area contributed by atoms with Crippen molar-refractivity contribution in [3.05, 3.63) is 66.2 Å². The molecule has 0 aliphatic heterocycles. The van der Waals surface area contributed by atoms with Gasteiger partial charge in [0.05, 0.1) is 25.4 Å². The third-order valence-electron chi connectivity index (χ3n) is 5.10. The SMILES string of the molecule is COc1ccc(C(CC(=O)NCc2ncc3ccccn23)C2CC2)cc1. The fourth-order valence-electron chi connectivity index (χ4n) is 3.49. The minimum absolute atomic E-state index is 0.0744. The van der Waals surface area contributed by atoms with Gasteiger partial charge in [0.1, 0.15) is 11.6 Å². The summed E-state index contributed by atoms with van der Waals surface area (Å²) in [5.41, 5.74) is 2.25. The third-order valence-corrected chi connectivity index (χ3v) is 5.10. The molecule has 2 aromatic heterocycles. The number of benzene rings is 1. The van der Waals surface area contributed by atoms with Crippen LogP contribution in [-0.2, 0) is 11.3 Å². The van der Waals surface area contributed by atoms with Gasteiger partial charge >= 0.3 is 0 Å². The first-order valence-electron chi connectivity index (χ1n) is 9.06. The lowest BCUT2D eigenvalue weighted by molar-refractivity contribution is -0.121. The van der Waals surface area contributed by atoms with Crippen molar-refractivity contribution in [2.45, 2.75) is 31.7 Å². The van der Waals surface area contributed by atoms with Crippen molar-refractivity contribution in [2.75, 3.05) is 7.11 Å². The maximum atomic E-state index is 12.5. The van der Waals surface area contributed by atoms with E-state index in [0.717, 1.165) is 17.1 Å². The van der Waals surface area contributed by atoms with Gasteiger partial charge in [-0.2, -0.15) is 0 Å². The van der Waals surface area contributed by atoms with E-state index in [1.54, 1.807) is 7.11 Å². The van der Waals surface area contributed by atoms with Crippen molar-refractivity contribution < 1.29 is 9.53 Å². The first-order chi connectivity index (χ1) is 12.7. The monoisotopic (exact) mass is 349 g/mol. The minimum Gasteiger partial charge on any atom is -0.497 e. The molecule has 1 aliphatic carbocycles. The summed E-state index contributed by atoms with van der Waals surface area (Å²) in [5.74, 6) is 2.66. The number of rotatable bonds is 7. The number of methoxy groups -OCH3 is 1. The summed E-state index contributed by atoms with van der Waals surface area (Å²) in [4.78, 5) is 16.9. The van der Waals surface area contributed by atoms with Crippen LogP contribution in [0.15, 0.2) is 54.9 Å². The highest BCUT2D eigenvalue weighted by molar-refractivity contribution is 5.77. The fraction of sp³-hybridized carbons (Fsp3) is 0.333. The van der Waals surface area contributed by atoms with Crippen molar-refractivity contribution in [3.8, 4) is 5.75 Å². The Labute approximate surface area is 153 Å². The third kappa shape index (κ3) is 3.57. The Hall–Kier alpha value is -2.82. The van der Waals surface area contributed by atoms with Gasteiger partial charge in [-0.3, -0.25) is 4.79 Å². The number of nitrogens with one attached hydrogen (secondary N) is 1. The molecular formula is C21H23N3O2. The van der Waals surface area contributed by atoms with Crippen molar-refractivity contribution in [1.82, 2.24) is 14.7 Å². The quantitative estimate of drug-likeness (QED) is 0.710. The molecule has 5 nitrogen and oxygen atoms in total. The normalized spacial score (nSPS) is 15.0. The number of hydrogen-bond donors (Lipinski definition) is 1. The predicted molar refractivity (Wildman–Crippen MR) is 100 cm³/mol. The van der Waals surface area contributed by atoms with Crippen LogP contribution in [-0.4, -0.2) is 22.4 Å². The molecule has 5 heteroatoms. The Morgan fingerprint density at radius 1 is 1.27 bits per heavy atom. The molecule has 1 unspecified atom stereocenters. The summed E-state index contributed by atoms with van der Waals surface area (Å²) in [6.45, 7) is 0.441. The van der Waals surface area contributed by atoms with Crippen molar-refractivity contribution in [3.63, 3.8) is 0 Å². The second-order valence-electron chi connectivity index (χ2n) is 6.87. The van der Waals surface area contributed by atoms with Gasteiger partial charge in [0.15, 0.2) is 0 Å². The number of amides is 1. The number of imidazole rings is 1. The molecule has 1 fully saturated rings. The van der Waals surface area contributed by atoms with Gasteiger partial charge in [-0.05, 0) is 54.5 Å². The molecule has 26 heavy (non-hydrogen) atoms. The molecule has 0 spiro atoms. The number of carbonyl (C=O) groups excluding carboxylic acids is 1. The molecule has 2 heterocycles. The van der Waals surface area contributed by atoms with Gasteiger partial charge in [0.25, 0.3) is 0 Å². The molecule has 1 atom stereocenters. The number of fused-ring (bicyclic) bond motifs is 1. The van der Waals surface area contributed by atoms with Gasteiger partial charge in [-0.15, -0.1) is 0 Å². The molecule has 1 aromatic carbocycles. The van der Waals surface area contributed by atoms with E-state index in [1.165, 1.54) is 18.4 Å². The zero-order valence-corrected chi connectivity index (χ0v) is 14.9. The van der Waals surface area contributed by atoms with E-state index in [0.29, 0.717) is 18.9 Å². The minimum atomic E-state index is 0.0744. The van der Waals surface area contributed by atoms with Crippen molar-refractivity contribution in [1.29, 1.82) is 0 Å². The Morgan fingerprint density at radius 2 is 2.08 bits per heavy atom. The summed E-state index contributed by atoms with van der Waals surface area (Å²) >= 11 is 0. The number of carbonyl (C=O) groups is 1. The Kier molecular flexibility index (Phi) is 4.61. The molecule has 1 saturated carbocycles. The zero-order valence-electron chi connectivity index (χ0n) is 14.9.